The van der Waals surface area contributed by atoms with E-state index in [9.17, 15) is 24.4 Å². The molecule has 0 aromatic heterocycles. The zero-order chi connectivity index (χ0) is 15.6. The van der Waals surface area contributed by atoms with Crippen molar-refractivity contribution in [3.63, 3.8) is 0 Å². The molecule has 0 saturated carbocycles. The number of nitro groups is 1. The lowest BCUT2D eigenvalue weighted by atomic mass is 10.1. The van der Waals surface area contributed by atoms with Gasteiger partial charge in [0.05, 0.1) is 22.2 Å². The maximum atomic E-state index is 13.5. The summed E-state index contributed by atoms with van der Waals surface area (Å²) in [6, 6.07) is 6.05. The maximum absolute atomic E-state index is 13.5. The van der Waals surface area contributed by atoms with E-state index in [4.69, 9.17) is 5.11 Å². The van der Waals surface area contributed by atoms with Crippen molar-refractivity contribution in [3.05, 3.63) is 57.9 Å². The lowest BCUT2D eigenvalue weighted by Gasteiger charge is -2.08. The van der Waals surface area contributed by atoms with Crippen LogP contribution in [0.1, 0.15) is 10.4 Å². The SMILES string of the molecule is O=C(Nc1ccc([N+](=O)[O-])cc1O)c1ccc(O)cc1F. The first-order valence-corrected chi connectivity index (χ1v) is 5.66. The van der Waals surface area contributed by atoms with E-state index in [-0.39, 0.29) is 22.7 Å². The number of halogens is 1. The first-order chi connectivity index (χ1) is 9.88. The van der Waals surface area contributed by atoms with Gasteiger partial charge in [-0.1, -0.05) is 0 Å². The highest BCUT2D eigenvalue weighted by molar-refractivity contribution is 6.05. The Labute approximate surface area is 117 Å². The van der Waals surface area contributed by atoms with Gasteiger partial charge in [-0.3, -0.25) is 14.9 Å². The lowest BCUT2D eigenvalue weighted by Crippen LogP contribution is -2.13. The summed E-state index contributed by atoms with van der Waals surface area (Å²) in [6.45, 7) is 0. The summed E-state index contributed by atoms with van der Waals surface area (Å²) in [5.74, 6) is -2.65. The fourth-order valence-corrected chi connectivity index (χ4v) is 1.62. The zero-order valence-electron chi connectivity index (χ0n) is 10.4. The molecule has 0 aliphatic rings. The average molecular weight is 292 g/mol. The van der Waals surface area contributed by atoms with Gasteiger partial charge in [0, 0.05) is 12.1 Å². The minimum absolute atomic E-state index is 0.0990. The summed E-state index contributed by atoms with van der Waals surface area (Å²) in [5.41, 5.74) is -0.787. The van der Waals surface area contributed by atoms with Crippen molar-refractivity contribution < 1.29 is 24.3 Å². The Morgan fingerprint density at radius 3 is 2.48 bits per heavy atom. The largest absolute Gasteiger partial charge is 0.508 e. The average Bonchev–Trinajstić information content (AvgIpc) is 2.40. The van der Waals surface area contributed by atoms with Crippen LogP contribution >= 0.6 is 0 Å². The molecule has 108 valence electrons. The molecule has 21 heavy (non-hydrogen) atoms. The number of non-ortho nitro benzene ring substituents is 1. The molecule has 8 heteroatoms. The molecule has 0 saturated heterocycles. The van der Waals surface area contributed by atoms with E-state index in [2.05, 4.69) is 5.32 Å². The number of nitrogens with one attached hydrogen (secondary N) is 1. The van der Waals surface area contributed by atoms with Crippen LogP contribution in [0.3, 0.4) is 0 Å². The number of nitrogens with zero attached hydrogens (tertiary/aromatic N) is 1. The van der Waals surface area contributed by atoms with E-state index in [1.165, 1.54) is 0 Å². The van der Waals surface area contributed by atoms with Gasteiger partial charge >= 0.3 is 0 Å². The van der Waals surface area contributed by atoms with E-state index in [1.807, 2.05) is 0 Å². The van der Waals surface area contributed by atoms with E-state index >= 15 is 0 Å². The minimum atomic E-state index is -0.936. The van der Waals surface area contributed by atoms with Crippen LogP contribution in [0.2, 0.25) is 0 Å². The van der Waals surface area contributed by atoms with Crippen molar-refractivity contribution in [1.29, 1.82) is 0 Å². The molecule has 0 atom stereocenters. The molecular formula is C13H9FN2O5. The normalized spacial score (nSPS) is 10.1. The number of benzene rings is 2. The molecule has 2 aromatic carbocycles. The van der Waals surface area contributed by atoms with Crippen LogP contribution in [-0.4, -0.2) is 21.0 Å². The summed E-state index contributed by atoms with van der Waals surface area (Å²) >= 11 is 0. The first kappa shape index (κ1) is 14.3. The minimum Gasteiger partial charge on any atom is -0.508 e. The van der Waals surface area contributed by atoms with Crippen LogP contribution in [-0.2, 0) is 0 Å². The van der Waals surface area contributed by atoms with Crippen LogP contribution in [0.4, 0.5) is 15.8 Å². The second-order valence-electron chi connectivity index (χ2n) is 4.08. The topological polar surface area (TPSA) is 113 Å². The highest BCUT2D eigenvalue weighted by atomic mass is 19.1. The molecule has 0 aliphatic carbocycles. The van der Waals surface area contributed by atoms with Crippen LogP contribution < -0.4 is 5.32 Å². The Morgan fingerprint density at radius 2 is 1.90 bits per heavy atom. The number of rotatable bonds is 3. The Kier molecular flexibility index (Phi) is 3.70. The molecule has 3 N–H and O–H groups in total. The number of phenols is 2. The molecule has 2 aromatic rings. The van der Waals surface area contributed by atoms with E-state index in [1.54, 1.807) is 0 Å². The Hall–Kier alpha value is -3.16. The number of phenolic OH excluding ortho intramolecular Hbond substituents is 2. The van der Waals surface area contributed by atoms with Gasteiger partial charge in [-0.2, -0.15) is 0 Å². The van der Waals surface area contributed by atoms with Gasteiger partial charge in [0.1, 0.15) is 17.3 Å². The number of carbonyl (C=O) groups is 1. The zero-order valence-corrected chi connectivity index (χ0v) is 10.4. The van der Waals surface area contributed by atoms with Gasteiger partial charge in [0.2, 0.25) is 0 Å². The third-order valence-electron chi connectivity index (χ3n) is 2.64. The molecular weight excluding hydrogens is 283 g/mol. The number of amides is 1. The van der Waals surface area contributed by atoms with E-state index in [0.717, 1.165) is 36.4 Å². The van der Waals surface area contributed by atoms with E-state index < -0.39 is 22.4 Å². The number of nitro benzene ring substituents is 1. The summed E-state index contributed by atoms with van der Waals surface area (Å²) < 4.78 is 13.5. The Bertz CT molecular complexity index is 732. The summed E-state index contributed by atoms with van der Waals surface area (Å²) in [7, 11) is 0. The highest BCUT2D eigenvalue weighted by Crippen LogP contribution is 2.28. The maximum Gasteiger partial charge on any atom is 0.273 e. The van der Waals surface area contributed by atoms with Crippen LogP contribution in [0.15, 0.2) is 36.4 Å². The van der Waals surface area contributed by atoms with Crippen molar-refractivity contribution in [2.45, 2.75) is 0 Å². The van der Waals surface area contributed by atoms with Crippen LogP contribution in [0.5, 0.6) is 11.5 Å². The van der Waals surface area contributed by atoms with Gasteiger partial charge < -0.3 is 15.5 Å². The predicted molar refractivity (Wildman–Crippen MR) is 70.8 cm³/mol. The molecule has 0 heterocycles. The number of hydrogen-bond donors (Lipinski definition) is 3. The van der Waals surface area contributed by atoms with Crippen molar-refractivity contribution in [3.8, 4) is 11.5 Å². The van der Waals surface area contributed by atoms with Gasteiger partial charge in [-0.05, 0) is 18.2 Å². The third-order valence-corrected chi connectivity index (χ3v) is 2.64. The second-order valence-corrected chi connectivity index (χ2v) is 4.08. The number of hydrogen-bond acceptors (Lipinski definition) is 5. The predicted octanol–water partition coefficient (Wildman–Crippen LogP) is 2.40. The van der Waals surface area contributed by atoms with Gasteiger partial charge in [-0.15, -0.1) is 0 Å². The fourth-order valence-electron chi connectivity index (χ4n) is 1.62. The first-order valence-electron chi connectivity index (χ1n) is 5.66. The van der Waals surface area contributed by atoms with Gasteiger partial charge in [-0.25, -0.2) is 4.39 Å². The van der Waals surface area contributed by atoms with Crippen molar-refractivity contribution in [2.75, 3.05) is 5.32 Å². The lowest BCUT2D eigenvalue weighted by molar-refractivity contribution is -0.384. The van der Waals surface area contributed by atoms with Crippen molar-refractivity contribution >= 4 is 17.3 Å². The Balaban J connectivity index is 2.25. The van der Waals surface area contributed by atoms with Crippen LogP contribution in [0.25, 0.3) is 0 Å². The van der Waals surface area contributed by atoms with Crippen molar-refractivity contribution in [1.82, 2.24) is 0 Å². The molecule has 0 aliphatic heterocycles. The summed E-state index contributed by atoms with van der Waals surface area (Å²) in [6.07, 6.45) is 0. The van der Waals surface area contributed by atoms with Gasteiger partial charge in [0.15, 0.2) is 0 Å². The highest BCUT2D eigenvalue weighted by Gasteiger charge is 2.16. The molecule has 0 unspecified atom stereocenters. The number of anilines is 1. The summed E-state index contributed by atoms with van der Waals surface area (Å²) in [5, 5.41) is 31.4. The van der Waals surface area contributed by atoms with Crippen LogP contribution in [0, 0.1) is 15.9 Å². The standard InChI is InChI=1S/C13H9FN2O5/c14-10-6-8(17)2-3-9(10)13(19)15-11-4-1-7(16(20)21)5-12(11)18/h1-6,17-18H,(H,15,19). The smallest absolute Gasteiger partial charge is 0.273 e. The van der Waals surface area contributed by atoms with Gasteiger partial charge in [0.25, 0.3) is 11.6 Å². The van der Waals surface area contributed by atoms with Crippen molar-refractivity contribution in [2.24, 2.45) is 0 Å². The quantitative estimate of drug-likeness (QED) is 0.456. The molecule has 0 spiro atoms. The fraction of sp³-hybridized carbons (Fsp3) is 0. The Morgan fingerprint density at radius 1 is 1.19 bits per heavy atom. The number of aromatic hydroxyl groups is 2. The molecule has 2 rings (SSSR count). The molecule has 0 radical (unpaired) electrons. The van der Waals surface area contributed by atoms with E-state index in [0.29, 0.717) is 0 Å². The third kappa shape index (κ3) is 3.06. The molecule has 0 bridgehead atoms. The molecule has 1 amide bonds. The second kappa shape index (κ2) is 5.45. The molecule has 0 fully saturated rings. The molecule has 7 nitrogen and oxygen atoms in total. The number of carbonyl (C=O) groups excluding carboxylic acids is 1. The monoisotopic (exact) mass is 292 g/mol. The summed E-state index contributed by atoms with van der Waals surface area (Å²) in [4.78, 5) is 21.7.